The smallest absolute Gasteiger partial charge is 0.233 e. The zero-order valence-corrected chi connectivity index (χ0v) is 16.8. The Morgan fingerprint density at radius 2 is 1.83 bits per heavy atom. The van der Waals surface area contributed by atoms with Gasteiger partial charge in [-0.2, -0.15) is 4.68 Å². The molecule has 0 aliphatic heterocycles. The molecule has 0 saturated carbocycles. The molecule has 152 valence electrons. The summed E-state index contributed by atoms with van der Waals surface area (Å²) in [6.07, 6.45) is 1.60. The van der Waals surface area contributed by atoms with E-state index in [-0.39, 0.29) is 17.4 Å². The first-order valence-electron chi connectivity index (χ1n) is 9.24. The maximum absolute atomic E-state index is 13.0. The molecule has 9 heteroatoms. The first-order chi connectivity index (χ1) is 14.7. The van der Waals surface area contributed by atoms with Gasteiger partial charge >= 0.3 is 0 Å². The van der Waals surface area contributed by atoms with Crippen molar-refractivity contribution in [1.82, 2.24) is 25.1 Å². The second-order valence-electron chi connectivity index (χ2n) is 6.49. The number of furan rings is 1. The van der Waals surface area contributed by atoms with Gasteiger partial charge in [-0.15, -0.1) is 5.10 Å². The summed E-state index contributed by atoms with van der Waals surface area (Å²) >= 11 is 1.25. The highest BCUT2D eigenvalue weighted by Crippen LogP contribution is 2.21. The highest BCUT2D eigenvalue weighted by atomic mass is 32.2. The minimum atomic E-state index is -0.0551. The van der Waals surface area contributed by atoms with Crippen molar-refractivity contribution in [2.24, 2.45) is 0 Å². The molecule has 0 unspecified atom stereocenters. The van der Waals surface area contributed by atoms with E-state index >= 15 is 0 Å². The number of benzene rings is 2. The molecule has 2 aromatic carbocycles. The molecular formula is C21H19N5O3S. The van der Waals surface area contributed by atoms with Crippen LogP contribution in [-0.2, 0) is 17.9 Å². The molecule has 8 nitrogen and oxygen atoms in total. The number of rotatable bonds is 8. The Morgan fingerprint density at radius 1 is 1.03 bits per heavy atom. The average molecular weight is 421 g/mol. The van der Waals surface area contributed by atoms with Gasteiger partial charge in [-0.05, 0) is 52.4 Å². The molecule has 0 aliphatic rings. The molecule has 2 aromatic heterocycles. The predicted molar refractivity (Wildman–Crippen MR) is 111 cm³/mol. The van der Waals surface area contributed by atoms with Crippen LogP contribution >= 0.6 is 11.8 Å². The van der Waals surface area contributed by atoms with Crippen LogP contribution in [0.5, 0.6) is 5.75 Å². The molecule has 1 amide bonds. The largest absolute Gasteiger partial charge is 0.508 e. The predicted octanol–water partition coefficient (Wildman–Crippen LogP) is 3.28. The average Bonchev–Trinajstić information content (AvgIpc) is 3.45. The minimum Gasteiger partial charge on any atom is -0.508 e. The van der Waals surface area contributed by atoms with E-state index < -0.39 is 0 Å². The second-order valence-corrected chi connectivity index (χ2v) is 7.44. The van der Waals surface area contributed by atoms with E-state index in [4.69, 9.17) is 4.42 Å². The second kappa shape index (κ2) is 9.27. The van der Waals surface area contributed by atoms with Crippen LogP contribution < -0.4 is 0 Å². The van der Waals surface area contributed by atoms with Crippen LogP contribution in [0.2, 0.25) is 0 Å². The van der Waals surface area contributed by atoms with Crippen molar-refractivity contribution >= 4 is 17.7 Å². The summed E-state index contributed by atoms with van der Waals surface area (Å²) in [4.78, 5) is 14.8. The van der Waals surface area contributed by atoms with E-state index in [1.807, 2.05) is 36.4 Å². The maximum Gasteiger partial charge on any atom is 0.233 e. The van der Waals surface area contributed by atoms with Crippen molar-refractivity contribution in [3.05, 3.63) is 84.3 Å². The van der Waals surface area contributed by atoms with Crippen molar-refractivity contribution in [2.45, 2.75) is 18.2 Å². The Balaban J connectivity index is 1.46. The summed E-state index contributed by atoms with van der Waals surface area (Å²) in [6.45, 7) is 0.855. The maximum atomic E-state index is 13.0. The molecule has 0 aliphatic carbocycles. The van der Waals surface area contributed by atoms with E-state index in [2.05, 4.69) is 15.5 Å². The lowest BCUT2D eigenvalue weighted by atomic mass is 10.2. The number of phenols is 1. The lowest BCUT2D eigenvalue weighted by Crippen LogP contribution is -2.31. The lowest BCUT2D eigenvalue weighted by Gasteiger charge is -2.21. The molecule has 2 heterocycles. The van der Waals surface area contributed by atoms with Gasteiger partial charge in [0.25, 0.3) is 0 Å². The van der Waals surface area contributed by atoms with Gasteiger partial charge in [0.2, 0.25) is 11.1 Å². The number of carbonyl (C=O) groups excluding carboxylic acids is 1. The fourth-order valence-electron chi connectivity index (χ4n) is 2.87. The van der Waals surface area contributed by atoms with Crippen molar-refractivity contribution in [3.8, 4) is 11.4 Å². The summed E-state index contributed by atoms with van der Waals surface area (Å²) < 4.78 is 6.96. The monoisotopic (exact) mass is 421 g/mol. The number of thioether (sulfide) groups is 1. The molecule has 0 saturated heterocycles. The van der Waals surface area contributed by atoms with Gasteiger partial charge in [-0.1, -0.05) is 42.1 Å². The highest BCUT2D eigenvalue weighted by Gasteiger charge is 2.18. The van der Waals surface area contributed by atoms with Gasteiger partial charge in [0.1, 0.15) is 11.5 Å². The molecule has 30 heavy (non-hydrogen) atoms. The number of aromatic nitrogens is 4. The summed E-state index contributed by atoms with van der Waals surface area (Å²) in [5, 5.41) is 21.7. The number of hydrogen-bond acceptors (Lipinski definition) is 7. The molecular weight excluding hydrogens is 402 g/mol. The first-order valence-corrected chi connectivity index (χ1v) is 10.2. The van der Waals surface area contributed by atoms with Crippen molar-refractivity contribution in [2.75, 3.05) is 5.75 Å². The summed E-state index contributed by atoms with van der Waals surface area (Å²) in [5.74, 6) is 0.996. The van der Waals surface area contributed by atoms with Crippen LogP contribution in [0.3, 0.4) is 0 Å². The Kier molecular flexibility index (Phi) is 6.09. The molecule has 4 rings (SSSR count). The van der Waals surface area contributed by atoms with E-state index in [0.717, 1.165) is 11.3 Å². The third-order valence-electron chi connectivity index (χ3n) is 4.36. The van der Waals surface area contributed by atoms with Gasteiger partial charge in [-0.3, -0.25) is 4.79 Å². The number of carbonyl (C=O) groups is 1. The third kappa shape index (κ3) is 4.87. The van der Waals surface area contributed by atoms with Gasteiger partial charge in [-0.25, -0.2) is 0 Å². The van der Waals surface area contributed by atoms with Crippen LogP contribution in [0.15, 0.2) is 82.6 Å². The summed E-state index contributed by atoms with van der Waals surface area (Å²) in [5.41, 5.74) is 1.74. The van der Waals surface area contributed by atoms with E-state index in [1.54, 1.807) is 41.5 Å². The minimum absolute atomic E-state index is 0.0551. The van der Waals surface area contributed by atoms with Crippen LogP contribution in [0.25, 0.3) is 5.69 Å². The Morgan fingerprint density at radius 3 is 2.57 bits per heavy atom. The SMILES string of the molecule is O=C(CSc1nnnn1-c1ccc(O)cc1)N(Cc1ccccc1)Cc1ccco1. The van der Waals surface area contributed by atoms with Crippen molar-refractivity contribution in [1.29, 1.82) is 0 Å². The summed E-state index contributed by atoms with van der Waals surface area (Å²) in [6, 6.07) is 20.0. The first kappa shape index (κ1) is 19.7. The van der Waals surface area contributed by atoms with Crippen LogP contribution in [-0.4, -0.2) is 41.9 Å². The standard InChI is InChI=1S/C21H19N5O3S/c27-18-10-8-17(9-11-18)26-21(22-23-24-26)30-15-20(28)25(14-19-7-4-12-29-19)13-16-5-2-1-3-6-16/h1-12,27H,13-15H2. The lowest BCUT2D eigenvalue weighted by molar-refractivity contribution is -0.129. The fraction of sp³-hybridized carbons (Fsp3) is 0.143. The fourth-order valence-corrected chi connectivity index (χ4v) is 3.66. The summed E-state index contributed by atoms with van der Waals surface area (Å²) in [7, 11) is 0. The molecule has 0 fully saturated rings. The van der Waals surface area contributed by atoms with Crippen molar-refractivity contribution in [3.63, 3.8) is 0 Å². The normalized spacial score (nSPS) is 10.8. The van der Waals surface area contributed by atoms with E-state index in [0.29, 0.717) is 23.9 Å². The topological polar surface area (TPSA) is 97.3 Å². The number of amides is 1. The zero-order valence-electron chi connectivity index (χ0n) is 16.0. The number of phenolic OH excluding ortho intramolecular Hbond substituents is 1. The molecule has 0 atom stereocenters. The van der Waals surface area contributed by atoms with Crippen LogP contribution in [0.4, 0.5) is 0 Å². The zero-order chi connectivity index (χ0) is 20.8. The molecule has 1 N–H and O–H groups in total. The number of aromatic hydroxyl groups is 1. The molecule has 4 aromatic rings. The Hall–Kier alpha value is -3.59. The molecule has 0 radical (unpaired) electrons. The Labute approximate surface area is 177 Å². The number of tetrazole rings is 1. The van der Waals surface area contributed by atoms with Gasteiger partial charge in [0.05, 0.1) is 24.2 Å². The molecule has 0 bridgehead atoms. The van der Waals surface area contributed by atoms with Crippen molar-refractivity contribution < 1.29 is 14.3 Å². The van der Waals surface area contributed by atoms with Crippen LogP contribution in [0.1, 0.15) is 11.3 Å². The van der Waals surface area contributed by atoms with E-state index in [1.165, 1.54) is 16.4 Å². The number of nitrogens with zero attached hydrogens (tertiary/aromatic N) is 5. The molecule has 0 spiro atoms. The van der Waals surface area contributed by atoms with Gasteiger partial charge in [0.15, 0.2) is 0 Å². The highest BCUT2D eigenvalue weighted by molar-refractivity contribution is 7.99. The van der Waals surface area contributed by atoms with Gasteiger partial charge in [0, 0.05) is 6.54 Å². The quantitative estimate of drug-likeness (QED) is 0.436. The van der Waals surface area contributed by atoms with Crippen LogP contribution in [0, 0.1) is 0 Å². The van der Waals surface area contributed by atoms with E-state index in [9.17, 15) is 9.90 Å². The number of hydrogen-bond donors (Lipinski definition) is 1. The van der Waals surface area contributed by atoms with Gasteiger partial charge < -0.3 is 14.4 Å². The third-order valence-corrected chi connectivity index (χ3v) is 5.26. The Bertz CT molecular complexity index is 1080.